The van der Waals surface area contributed by atoms with Crippen molar-refractivity contribution in [3.05, 3.63) is 36.0 Å². The highest BCUT2D eigenvalue weighted by molar-refractivity contribution is 5.83. The minimum Gasteiger partial charge on any atom is -0.350 e. The predicted octanol–water partition coefficient (Wildman–Crippen LogP) is 2.22. The van der Waals surface area contributed by atoms with Crippen molar-refractivity contribution in [2.75, 3.05) is 26.7 Å². The van der Waals surface area contributed by atoms with Gasteiger partial charge in [0, 0.05) is 37.2 Å². The molecule has 1 atom stereocenters. The van der Waals surface area contributed by atoms with E-state index in [4.69, 9.17) is 0 Å². The van der Waals surface area contributed by atoms with Gasteiger partial charge in [-0.15, -0.1) is 0 Å². The van der Waals surface area contributed by atoms with Crippen molar-refractivity contribution in [2.24, 2.45) is 13.0 Å². The molecule has 1 aliphatic rings. The fourth-order valence-electron chi connectivity index (χ4n) is 3.30. The average Bonchev–Trinajstić information content (AvgIpc) is 2.97. The van der Waals surface area contributed by atoms with E-state index in [0.717, 1.165) is 19.0 Å². The summed E-state index contributed by atoms with van der Waals surface area (Å²) in [6.07, 6.45) is 3.61. The first-order chi connectivity index (χ1) is 9.28. The van der Waals surface area contributed by atoms with Gasteiger partial charge in [0.15, 0.2) is 0 Å². The summed E-state index contributed by atoms with van der Waals surface area (Å²) in [5.74, 6) is 0.819. The second kappa shape index (κ2) is 5.35. The van der Waals surface area contributed by atoms with Crippen LogP contribution in [-0.2, 0) is 13.6 Å². The molecule has 3 nitrogen and oxygen atoms in total. The Hall–Kier alpha value is -1.32. The molecule has 1 N–H and O–H groups in total. The lowest BCUT2D eigenvalue weighted by molar-refractivity contribution is 0.316. The summed E-state index contributed by atoms with van der Waals surface area (Å²) in [4.78, 5) is 2.59. The van der Waals surface area contributed by atoms with Crippen molar-refractivity contribution in [1.29, 1.82) is 0 Å². The summed E-state index contributed by atoms with van der Waals surface area (Å²) in [5.41, 5.74) is 2.80. The maximum atomic E-state index is 3.30. The molecular formula is C16H23N3. The molecule has 0 aliphatic carbocycles. The van der Waals surface area contributed by atoms with Gasteiger partial charge < -0.3 is 9.88 Å². The van der Waals surface area contributed by atoms with Gasteiger partial charge in [0.2, 0.25) is 0 Å². The van der Waals surface area contributed by atoms with Crippen LogP contribution in [0.4, 0.5) is 0 Å². The van der Waals surface area contributed by atoms with Gasteiger partial charge in [-0.05, 0) is 44.1 Å². The van der Waals surface area contributed by atoms with E-state index in [1.54, 1.807) is 0 Å². The lowest BCUT2D eigenvalue weighted by Gasteiger charge is -2.15. The molecule has 1 saturated heterocycles. The smallest absolute Gasteiger partial charge is 0.0481 e. The molecule has 19 heavy (non-hydrogen) atoms. The zero-order valence-corrected chi connectivity index (χ0v) is 11.9. The van der Waals surface area contributed by atoms with E-state index in [1.165, 1.54) is 36.0 Å². The number of aromatic nitrogens is 1. The number of nitrogens with one attached hydrogen (secondary N) is 1. The summed E-state index contributed by atoms with van der Waals surface area (Å²) in [6, 6.07) is 8.70. The van der Waals surface area contributed by atoms with Gasteiger partial charge in [-0.25, -0.2) is 0 Å². The Labute approximate surface area is 115 Å². The monoisotopic (exact) mass is 257 g/mol. The fraction of sp³-hybridized carbons (Fsp3) is 0.500. The molecule has 1 aliphatic heterocycles. The van der Waals surface area contributed by atoms with Crippen LogP contribution in [0.3, 0.4) is 0 Å². The second-order valence-electron chi connectivity index (χ2n) is 5.73. The highest BCUT2D eigenvalue weighted by atomic mass is 15.1. The Morgan fingerprint density at radius 3 is 3.00 bits per heavy atom. The van der Waals surface area contributed by atoms with E-state index in [2.05, 4.69) is 52.3 Å². The number of hydrogen-bond acceptors (Lipinski definition) is 2. The molecule has 1 fully saturated rings. The standard InChI is InChI=1S/C16H23N3/c1-17-9-13-7-8-19(10-13)12-14-11-18(2)16-6-4-3-5-15(14)16/h3-6,11,13,17H,7-10,12H2,1-2H3. The predicted molar refractivity (Wildman–Crippen MR) is 80.2 cm³/mol. The Kier molecular flexibility index (Phi) is 3.58. The molecule has 0 saturated carbocycles. The van der Waals surface area contributed by atoms with Crippen LogP contribution in [0.25, 0.3) is 10.9 Å². The number of nitrogens with zero attached hydrogens (tertiary/aromatic N) is 2. The number of rotatable bonds is 4. The lowest BCUT2D eigenvalue weighted by Crippen LogP contribution is -2.24. The normalized spacial score (nSPS) is 20.4. The molecule has 1 aromatic heterocycles. The number of likely N-dealkylation sites (tertiary alicyclic amines) is 1. The SMILES string of the molecule is CNCC1CCN(Cc2cn(C)c3ccccc23)C1. The molecule has 0 bridgehead atoms. The minimum atomic E-state index is 0.819. The Balaban J connectivity index is 1.76. The van der Waals surface area contributed by atoms with Crippen molar-refractivity contribution in [3.63, 3.8) is 0 Å². The molecule has 0 spiro atoms. The summed E-state index contributed by atoms with van der Waals surface area (Å²) in [7, 11) is 4.19. The molecule has 2 aromatic rings. The van der Waals surface area contributed by atoms with Crippen molar-refractivity contribution in [3.8, 4) is 0 Å². The second-order valence-corrected chi connectivity index (χ2v) is 5.73. The Morgan fingerprint density at radius 1 is 1.32 bits per heavy atom. The zero-order valence-electron chi connectivity index (χ0n) is 11.9. The van der Waals surface area contributed by atoms with Crippen molar-refractivity contribution >= 4 is 10.9 Å². The number of hydrogen-bond donors (Lipinski definition) is 1. The first kappa shape index (κ1) is 12.7. The van der Waals surface area contributed by atoms with Crippen LogP contribution in [0.1, 0.15) is 12.0 Å². The molecule has 2 heterocycles. The van der Waals surface area contributed by atoms with Crippen molar-refractivity contribution in [2.45, 2.75) is 13.0 Å². The molecule has 0 amide bonds. The molecule has 1 aromatic carbocycles. The fourth-order valence-corrected chi connectivity index (χ4v) is 3.30. The number of benzene rings is 1. The lowest BCUT2D eigenvalue weighted by atomic mass is 10.1. The van der Waals surface area contributed by atoms with E-state index < -0.39 is 0 Å². The van der Waals surface area contributed by atoms with Gasteiger partial charge in [-0.1, -0.05) is 18.2 Å². The summed E-state index contributed by atoms with van der Waals surface area (Å²) in [6.45, 7) is 4.69. The topological polar surface area (TPSA) is 20.2 Å². The minimum absolute atomic E-state index is 0.819. The third-order valence-electron chi connectivity index (χ3n) is 4.24. The first-order valence-electron chi connectivity index (χ1n) is 7.18. The summed E-state index contributed by atoms with van der Waals surface area (Å²) < 4.78 is 2.24. The third kappa shape index (κ3) is 2.53. The molecular weight excluding hydrogens is 234 g/mol. The van der Waals surface area contributed by atoms with E-state index in [0.29, 0.717) is 0 Å². The van der Waals surface area contributed by atoms with Crippen LogP contribution in [-0.4, -0.2) is 36.1 Å². The zero-order chi connectivity index (χ0) is 13.2. The van der Waals surface area contributed by atoms with Crippen LogP contribution in [0.2, 0.25) is 0 Å². The maximum absolute atomic E-state index is 3.30. The first-order valence-corrected chi connectivity index (χ1v) is 7.18. The molecule has 0 radical (unpaired) electrons. The molecule has 102 valence electrons. The van der Waals surface area contributed by atoms with Crippen molar-refractivity contribution in [1.82, 2.24) is 14.8 Å². The average molecular weight is 257 g/mol. The Morgan fingerprint density at radius 2 is 2.16 bits per heavy atom. The Bertz CT molecular complexity index is 558. The van der Waals surface area contributed by atoms with E-state index in [9.17, 15) is 0 Å². The summed E-state index contributed by atoms with van der Waals surface area (Å²) >= 11 is 0. The largest absolute Gasteiger partial charge is 0.350 e. The van der Waals surface area contributed by atoms with Crippen LogP contribution >= 0.6 is 0 Å². The number of aryl methyl sites for hydroxylation is 1. The number of para-hydroxylation sites is 1. The molecule has 3 rings (SSSR count). The molecule has 1 unspecified atom stereocenters. The van der Waals surface area contributed by atoms with E-state index >= 15 is 0 Å². The van der Waals surface area contributed by atoms with Crippen LogP contribution in [0, 0.1) is 5.92 Å². The number of fused-ring (bicyclic) bond motifs is 1. The van der Waals surface area contributed by atoms with Gasteiger partial charge in [-0.2, -0.15) is 0 Å². The van der Waals surface area contributed by atoms with E-state index in [-0.39, 0.29) is 0 Å². The molecule has 3 heteroatoms. The summed E-state index contributed by atoms with van der Waals surface area (Å²) in [5, 5.41) is 4.70. The van der Waals surface area contributed by atoms with E-state index in [1.807, 2.05) is 7.05 Å². The van der Waals surface area contributed by atoms with Crippen molar-refractivity contribution < 1.29 is 0 Å². The van der Waals surface area contributed by atoms with Crippen LogP contribution in [0.15, 0.2) is 30.5 Å². The quantitative estimate of drug-likeness (QED) is 0.906. The van der Waals surface area contributed by atoms with Crippen LogP contribution < -0.4 is 5.32 Å². The van der Waals surface area contributed by atoms with Gasteiger partial charge in [0.25, 0.3) is 0 Å². The highest BCUT2D eigenvalue weighted by Gasteiger charge is 2.22. The van der Waals surface area contributed by atoms with Gasteiger partial charge in [0.05, 0.1) is 0 Å². The maximum Gasteiger partial charge on any atom is 0.0481 e. The van der Waals surface area contributed by atoms with Gasteiger partial charge in [-0.3, -0.25) is 4.90 Å². The third-order valence-corrected chi connectivity index (χ3v) is 4.24. The van der Waals surface area contributed by atoms with Crippen LogP contribution in [0.5, 0.6) is 0 Å². The highest BCUT2D eigenvalue weighted by Crippen LogP contribution is 2.24. The van der Waals surface area contributed by atoms with Gasteiger partial charge in [0.1, 0.15) is 0 Å². The van der Waals surface area contributed by atoms with Gasteiger partial charge >= 0.3 is 0 Å².